The van der Waals surface area contributed by atoms with Gasteiger partial charge in [0.05, 0.1) is 22.6 Å². The Labute approximate surface area is 172 Å². The SMILES string of the molecule is O=C(OCc1cc(Cl)c2c(c1)OCCO2)C1=NN(C2CCS(=O)(=O)C2)C(=O)CC1. The van der Waals surface area contributed by atoms with Crippen molar-refractivity contribution >= 4 is 39.0 Å². The van der Waals surface area contributed by atoms with E-state index >= 15 is 0 Å². The van der Waals surface area contributed by atoms with E-state index in [1.54, 1.807) is 12.1 Å². The van der Waals surface area contributed by atoms with Gasteiger partial charge in [0.2, 0.25) is 5.91 Å². The van der Waals surface area contributed by atoms with E-state index in [1.165, 1.54) is 0 Å². The lowest BCUT2D eigenvalue weighted by molar-refractivity contribution is -0.138. The lowest BCUT2D eigenvalue weighted by atomic mass is 10.1. The van der Waals surface area contributed by atoms with Gasteiger partial charge in [0.25, 0.3) is 0 Å². The van der Waals surface area contributed by atoms with Gasteiger partial charge < -0.3 is 14.2 Å². The first-order valence-corrected chi connectivity index (χ1v) is 11.4. The number of ether oxygens (including phenoxy) is 3. The number of benzene rings is 1. The van der Waals surface area contributed by atoms with Gasteiger partial charge in [-0.3, -0.25) is 4.79 Å². The van der Waals surface area contributed by atoms with Gasteiger partial charge in [0, 0.05) is 12.8 Å². The Balaban J connectivity index is 1.44. The first-order chi connectivity index (χ1) is 13.8. The molecule has 3 heterocycles. The summed E-state index contributed by atoms with van der Waals surface area (Å²) < 4.78 is 39.6. The number of carbonyl (C=O) groups excluding carboxylic acids is 2. The highest BCUT2D eigenvalue weighted by Crippen LogP contribution is 2.38. The largest absolute Gasteiger partial charge is 0.486 e. The van der Waals surface area contributed by atoms with Gasteiger partial charge in [0.1, 0.15) is 25.5 Å². The molecule has 1 unspecified atom stereocenters. The molecule has 0 aromatic heterocycles. The maximum absolute atomic E-state index is 12.4. The summed E-state index contributed by atoms with van der Waals surface area (Å²) in [6, 6.07) is 2.78. The van der Waals surface area contributed by atoms with Crippen LogP contribution in [0.2, 0.25) is 5.02 Å². The molecule has 1 saturated heterocycles. The highest BCUT2D eigenvalue weighted by atomic mass is 35.5. The van der Waals surface area contributed by atoms with E-state index in [0.717, 1.165) is 5.01 Å². The molecule has 29 heavy (non-hydrogen) atoms. The number of amides is 1. The zero-order chi connectivity index (χ0) is 20.6. The van der Waals surface area contributed by atoms with E-state index in [0.29, 0.717) is 41.7 Å². The fourth-order valence-corrected chi connectivity index (χ4v) is 5.43. The molecule has 0 saturated carbocycles. The van der Waals surface area contributed by atoms with E-state index < -0.39 is 21.8 Å². The normalized spacial score (nSPS) is 22.9. The Morgan fingerprint density at radius 3 is 2.83 bits per heavy atom. The number of hydrogen-bond donors (Lipinski definition) is 0. The predicted molar refractivity (Wildman–Crippen MR) is 103 cm³/mol. The molecule has 3 aliphatic heterocycles. The van der Waals surface area contributed by atoms with E-state index in [2.05, 4.69) is 5.10 Å². The molecule has 9 nitrogen and oxygen atoms in total. The molecule has 0 radical (unpaired) electrons. The number of rotatable bonds is 4. The number of fused-ring (bicyclic) bond motifs is 1. The zero-order valence-electron chi connectivity index (χ0n) is 15.4. The number of carbonyl (C=O) groups is 2. The average Bonchev–Trinajstić information content (AvgIpc) is 3.06. The predicted octanol–water partition coefficient (Wildman–Crippen LogP) is 1.32. The van der Waals surface area contributed by atoms with Gasteiger partial charge >= 0.3 is 5.97 Å². The van der Waals surface area contributed by atoms with Crippen LogP contribution in [0.1, 0.15) is 24.8 Å². The van der Waals surface area contributed by atoms with Crippen LogP contribution in [0.4, 0.5) is 0 Å². The number of halogens is 1. The molecule has 11 heteroatoms. The van der Waals surface area contributed by atoms with Crippen molar-refractivity contribution < 1.29 is 32.2 Å². The second-order valence-electron chi connectivity index (χ2n) is 7.02. The maximum Gasteiger partial charge on any atom is 0.354 e. The second-order valence-corrected chi connectivity index (χ2v) is 9.66. The number of sulfone groups is 1. The van der Waals surface area contributed by atoms with Crippen LogP contribution in [0.15, 0.2) is 17.2 Å². The maximum atomic E-state index is 12.4. The summed E-state index contributed by atoms with van der Waals surface area (Å²) in [4.78, 5) is 24.6. The Hall–Kier alpha value is -2.33. The summed E-state index contributed by atoms with van der Waals surface area (Å²) in [5.74, 6) is -0.118. The van der Waals surface area contributed by atoms with Crippen LogP contribution >= 0.6 is 11.6 Å². The number of hydrogen-bond acceptors (Lipinski definition) is 8. The van der Waals surface area contributed by atoms with Gasteiger partial charge in [-0.05, 0) is 24.1 Å². The zero-order valence-corrected chi connectivity index (χ0v) is 17.0. The molecular formula is C18H19ClN2O7S. The molecular weight excluding hydrogens is 424 g/mol. The summed E-state index contributed by atoms with van der Waals surface area (Å²) in [5, 5.41) is 5.60. The number of esters is 1. The number of nitrogens with zero attached hydrogens (tertiary/aromatic N) is 2. The summed E-state index contributed by atoms with van der Waals surface area (Å²) in [5.41, 5.74) is 0.719. The van der Waals surface area contributed by atoms with Crippen LogP contribution in [0, 0.1) is 0 Å². The molecule has 156 valence electrons. The third-order valence-corrected chi connectivity index (χ3v) is 6.91. The molecule has 1 amide bonds. The topological polar surface area (TPSA) is 112 Å². The summed E-state index contributed by atoms with van der Waals surface area (Å²) in [6.07, 6.45) is 0.547. The van der Waals surface area contributed by atoms with Gasteiger partial charge in [-0.25, -0.2) is 18.2 Å². The van der Waals surface area contributed by atoms with E-state index in [4.69, 9.17) is 25.8 Å². The van der Waals surface area contributed by atoms with Crippen molar-refractivity contribution in [2.24, 2.45) is 5.10 Å². The van der Waals surface area contributed by atoms with Gasteiger partial charge in [0.15, 0.2) is 21.3 Å². The van der Waals surface area contributed by atoms with E-state index in [9.17, 15) is 18.0 Å². The average molecular weight is 443 g/mol. The Morgan fingerprint density at radius 2 is 2.07 bits per heavy atom. The van der Waals surface area contributed by atoms with Gasteiger partial charge in [-0.1, -0.05) is 11.6 Å². The van der Waals surface area contributed by atoms with Crippen LogP contribution in [-0.2, 0) is 30.8 Å². The van der Waals surface area contributed by atoms with Crippen molar-refractivity contribution in [3.63, 3.8) is 0 Å². The molecule has 0 bridgehead atoms. The van der Waals surface area contributed by atoms with E-state index in [-0.39, 0.29) is 42.6 Å². The molecule has 0 spiro atoms. The minimum absolute atomic E-state index is 0.0155. The fourth-order valence-electron chi connectivity index (χ4n) is 3.45. The van der Waals surface area contributed by atoms with Crippen molar-refractivity contribution in [3.8, 4) is 11.5 Å². The minimum Gasteiger partial charge on any atom is -0.486 e. The molecule has 3 aliphatic rings. The minimum atomic E-state index is -3.18. The lowest BCUT2D eigenvalue weighted by Crippen LogP contribution is -2.42. The molecule has 1 aromatic carbocycles. The van der Waals surface area contributed by atoms with Crippen molar-refractivity contribution in [3.05, 3.63) is 22.7 Å². The third kappa shape index (κ3) is 4.32. The van der Waals surface area contributed by atoms with Crippen molar-refractivity contribution in [1.29, 1.82) is 0 Å². The Bertz CT molecular complexity index is 992. The summed E-state index contributed by atoms with van der Waals surface area (Å²) >= 11 is 6.18. The van der Waals surface area contributed by atoms with Crippen LogP contribution in [0.3, 0.4) is 0 Å². The second kappa shape index (κ2) is 7.83. The molecule has 1 fully saturated rings. The monoisotopic (exact) mass is 442 g/mol. The quantitative estimate of drug-likeness (QED) is 0.646. The van der Waals surface area contributed by atoms with Gasteiger partial charge in [-0.15, -0.1) is 0 Å². The third-order valence-electron chi connectivity index (χ3n) is 4.88. The summed E-state index contributed by atoms with van der Waals surface area (Å²) in [6.45, 7) is 0.766. The van der Waals surface area contributed by atoms with Crippen LogP contribution < -0.4 is 9.47 Å². The van der Waals surface area contributed by atoms with E-state index in [1.807, 2.05) is 0 Å². The Kier molecular flexibility index (Phi) is 5.39. The fraction of sp³-hybridized carbons (Fsp3) is 0.500. The molecule has 0 N–H and O–H groups in total. The first-order valence-electron chi connectivity index (χ1n) is 9.17. The van der Waals surface area contributed by atoms with Crippen LogP contribution in [0.5, 0.6) is 11.5 Å². The van der Waals surface area contributed by atoms with Crippen LogP contribution in [0.25, 0.3) is 0 Å². The molecule has 1 aromatic rings. The highest BCUT2D eigenvalue weighted by Gasteiger charge is 2.37. The lowest BCUT2D eigenvalue weighted by Gasteiger charge is -2.27. The Morgan fingerprint density at radius 1 is 1.28 bits per heavy atom. The summed E-state index contributed by atoms with van der Waals surface area (Å²) in [7, 11) is -3.18. The van der Waals surface area contributed by atoms with Crippen molar-refractivity contribution in [2.75, 3.05) is 24.7 Å². The smallest absolute Gasteiger partial charge is 0.354 e. The molecule has 4 rings (SSSR count). The standard InChI is InChI=1S/C18H19ClN2O7S/c19-13-7-11(8-15-17(13)27-5-4-26-15)9-28-18(23)14-1-2-16(22)21(20-14)12-3-6-29(24,25)10-12/h7-8,12H,1-6,9-10H2. The van der Waals surface area contributed by atoms with Crippen molar-refractivity contribution in [1.82, 2.24) is 5.01 Å². The van der Waals surface area contributed by atoms with Crippen molar-refractivity contribution in [2.45, 2.75) is 31.9 Å². The highest BCUT2D eigenvalue weighted by molar-refractivity contribution is 7.91. The molecule has 0 aliphatic carbocycles. The number of hydrazone groups is 1. The molecule has 1 atom stereocenters. The van der Waals surface area contributed by atoms with Gasteiger partial charge in [-0.2, -0.15) is 5.10 Å². The van der Waals surface area contributed by atoms with Crippen LogP contribution in [-0.4, -0.2) is 61.8 Å². The first kappa shape index (κ1) is 20.0.